The van der Waals surface area contributed by atoms with Gasteiger partial charge in [-0.15, -0.1) is 11.8 Å². The zero-order valence-electron chi connectivity index (χ0n) is 14.3. The van der Waals surface area contributed by atoms with Crippen molar-refractivity contribution in [2.45, 2.75) is 30.9 Å². The number of carbonyl (C=O) groups excluding carboxylic acids is 2. The van der Waals surface area contributed by atoms with Crippen molar-refractivity contribution in [3.8, 4) is 0 Å². The molecule has 0 unspecified atom stereocenters. The molecular formula is C17H24FN3O2S. The van der Waals surface area contributed by atoms with Crippen molar-refractivity contribution in [3.05, 3.63) is 35.6 Å². The molecule has 1 fully saturated rings. The van der Waals surface area contributed by atoms with Crippen LogP contribution in [0.5, 0.6) is 0 Å². The molecule has 0 radical (unpaired) electrons. The fraction of sp³-hybridized carbons (Fsp3) is 0.529. The summed E-state index contributed by atoms with van der Waals surface area (Å²) < 4.78 is 13.1. The maximum atomic E-state index is 13.1. The molecule has 1 aromatic carbocycles. The number of hydrogen-bond acceptors (Lipinski definition) is 3. The van der Waals surface area contributed by atoms with Crippen LogP contribution in [0.4, 0.5) is 9.18 Å². The molecule has 0 saturated carbocycles. The molecule has 1 aliphatic rings. The van der Waals surface area contributed by atoms with Gasteiger partial charge in [-0.05, 0) is 31.0 Å². The molecule has 0 spiro atoms. The minimum atomic E-state index is -0.292. The fourth-order valence-corrected chi connectivity index (χ4v) is 3.82. The first-order valence-corrected chi connectivity index (χ1v) is 9.08. The normalized spacial score (nSPS) is 20.3. The molecule has 0 aliphatic carbocycles. The summed E-state index contributed by atoms with van der Waals surface area (Å²) in [6.45, 7) is 5.41. The molecule has 7 heteroatoms. The highest BCUT2D eigenvalue weighted by molar-refractivity contribution is 8.01. The Morgan fingerprint density at radius 3 is 2.67 bits per heavy atom. The first kappa shape index (κ1) is 18.6. The second kappa shape index (κ2) is 8.37. The van der Waals surface area contributed by atoms with Crippen LogP contribution in [0.1, 0.15) is 31.2 Å². The Morgan fingerprint density at radius 2 is 2.04 bits per heavy atom. The third-order valence-corrected chi connectivity index (χ3v) is 5.35. The molecule has 1 N–H and O–H groups in total. The molecule has 3 amide bonds. The lowest BCUT2D eigenvalue weighted by Crippen LogP contribution is -2.43. The lowest BCUT2D eigenvalue weighted by Gasteiger charge is -2.27. The Kier molecular flexibility index (Phi) is 6.48. The van der Waals surface area contributed by atoms with Crippen LogP contribution < -0.4 is 5.32 Å². The lowest BCUT2D eigenvalue weighted by molar-refractivity contribution is -0.129. The highest BCUT2D eigenvalue weighted by Crippen LogP contribution is 2.42. The van der Waals surface area contributed by atoms with E-state index < -0.39 is 0 Å². The van der Waals surface area contributed by atoms with E-state index in [-0.39, 0.29) is 28.4 Å². The van der Waals surface area contributed by atoms with Crippen molar-refractivity contribution in [2.24, 2.45) is 0 Å². The minimum Gasteiger partial charge on any atom is -0.338 e. The molecule has 24 heavy (non-hydrogen) atoms. The average Bonchev–Trinajstić information content (AvgIpc) is 2.86. The molecule has 2 atom stereocenters. The number of nitrogens with zero attached hydrogens (tertiary/aromatic N) is 2. The van der Waals surface area contributed by atoms with E-state index in [0.29, 0.717) is 19.6 Å². The molecule has 132 valence electrons. The molecule has 1 heterocycles. The van der Waals surface area contributed by atoms with E-state index in [0.717, 1.165) is 12.0 Å². The number of amides is 3. The maximum Gasteiger partial charge on any atom is 0.317 e. The number of thioether (sulfide) groups is 1. The first-order valence-electron chi connectivity index (χ1n) is 8.14. The van der Waals surface area contributed by atoms with Gasteiger partial charge in [-0.2, -0.15) is 0 Å². The second-order valence-corrected chi connectivity index (χ2v) is 7.29. The van der Waals surface area contributed by atoms with Gasteiger partial charge in [-0.3, -0.25) is 4.79 Å². The average molecular weight is 353 g/mol. The second-order valence-electron chi connectivity index (χ2n) is 5.87. The minimum absolute atomic E-state index is 0.0525. The van der Waals surface area contributed by atoms with Crippen molar-refractivity contribution >= 4 is 23.7 Å². The van der Waals surface area contributed by atoms with Gasteiger partial charge < -0.3 is 15.1 Å². The number of rotatable bonds is 6. The number of carbonyl (C=O) groups is 2. The van der Waals surface area contributed by atoms with Crippen molar-refractivity contribution in [1.29, 1.82) is 0 Å². The maximum absolute atomic E-state index is 13.1. The van der Waals surface area contributed by atoms with Gasteiger partial charge in [-0.1, -0.05) is 19.1 Å². The summed E-state index contributed by atoms with van der Waals surface area (Å²) in [5.41, 5.74) is 0.900. The van der Waals surface area contributed by atoms with Gasteiger partial charge in [0.25, 0.3) is 0 Å². The van der Waals surface area contributed by atoms with Crippen LogP contribution in [0.25, 0.3) is 0 Å². The first-order chi connectivity index (χ1) is 11.4. The molecule has 1 aromatic rings. The summed E-state index contributed by atoms with van der Waals surface area (Å²) in [6.07, 6.45) is 0.880. The number of benzene rings is 1. The van der Waals surface area contributed by atoms with E-state index >= 15 is 0 Å². The van der Waals surface area contributed by atoms with Crippen molar-refractivity contribution in [2.75, 3.05) is 26.7 Å². The summed E-state index contributed by atoms with van der Waals surface area (Å²) in [6, 6.07) is 6.10. The Hall–Kier alpha value is -1.76. The van der Waals surface area contributed by atoms with Gasteiger partial charge in [0.1, 0.15) is 11.2 Å². The van der Waals surface area contributed by atoms with Crippen LogP contribution in [-0.2, 0) is 4.79 Å². The molecule has 0 bridgehead atoms. The van der Waals surface area contributed by atoms with E-state index in [1.165, 1.54) is 12.1 Å². The van der Waals surface area contributed by atoms with E-state index in [1.807, 2.05) is 13.8 Å². The van der Waals surface area contributed by atoms with Crippen molar-refractivity contribution in [1.82, 2.24) is 15.1 Å². The fourth-order valence-electron chi connectivity index (χ4n) is 2.51. The van der Waals surface area contributed by atoms with Crippen LogP contribution in [0.15, 0.2) is 24.3 Å². The number of urea groups is 1. The summed E-state index contributed by atoms with van der Waals surface area (Å²) in [7, 11) is 1.72. The molecule has 1 aliphatic heterocycles. The summed E-state index contributed by atoms with van der Waals surface area (Å²) in [5, 5.41) is 2.54. The Morgan fingerprint density at radius 1 is 1.38 bits per heavy atom. The van der Waals surface area contributed by atoms with Crippen molar-refractivity contribution in [3.63, 3.8) is 0 Å². The highest BCUT2D eigenvalue weighted by atomic mass is 32.2. The van der Waals surface area contributed by atoms with E-state index in [4.69, 9.17) is 0 Å². The largest absolute Gasteiger partial charge is 0.338 e. The molecule has 5 nitrogen and oxygen atoms in total. The topological polar surface area (TPSA) is 52.7 Å². The number of nitrogens with one attached hydrogen (secondary N) is 1. The summed E-state index contributed by atoms with van der Waals surface area (Å²) in [5.74, 6) is -0.239. The monoisotopic (exact) mass is 353 g/mol. The molecule has 0 aromatic heterocycles. The number of likely N-dealkylation sites (N-methyl/N-ethyl adjacent to an activating group) is 1. The smallest absolute Gasteiger partial charge is 0.317 e. The zero-order valence-corrected chi connectivity index (χ0v) is 15.1. The SMILES string of the molecule is CCCNC(=O)N(C)CCN1C(=O)[C@@H](C)S[C@@H]1c1ccc(F)cc1. The lowest BCUT2D eigenvalue weighted by atomic mass is 10.2. The van der Waals surface area contributed by atoms with Crippen LogP contribution >= 0.6 is 11.8 Å². The summed E-state index contributed by atoms with van der Waals surface area (Å²) >= 11 is 1.55. The van der Waals surface area contributed by atoms with Crippen LogP contribution in [-0.4, -0.2) is 53.7 Å². The predicted molar refractivity (Wildman–Crippen MR) is 94.2 cm³/mol. The third-order valence-electron chi connectivity index (χ3n) is 3.95. The Labute approximate surface area is 146 Å². The molecule has 2 rings (SSSR count). The zero-order chi connectivity index (χ0) is 17.7. The van der Waals surface area contributed by atoms with Crippen LogP contribution in [0, 0.1) is 5.82 Å². The number of hydrogen-bond donors (Lipinski definition) is 1. The van der Waals surface area contributed by atoms with Crippen LogP contribution in [0.3, 0.4) is 0 Å². The van der Waals surface area contributed by atoms with Crippen molar-refractivity contribution < 1.29 is 14.0 Å². The standard InChI is InChI=1S/C17H24FN3O2S/c1-4-9-19-17(23)20(3)10-11-21-15(22)12(2)24-16(21)13-5-7-14(18)8-6-13/h5-8,12,16H,4,9-11H2,1-3H3,(H,19,23)/t12-,16-/m1/s1. The van der Waals surface area contributed by atoms with Gasteiger partial charge in [0.2, 0.25) is 5.91 Å². The predicted octanol–water partition coefficient (Wildman–Crippen LogP) is 2.84. The number of halogens is 1. The van der Waals surface area contributed by atoms with Gasteiger partial charge in [0.05, 0.1) is 5.25 Å². The van der Waals surface area contributed by atoms with Gasteiger partial charge >= 0.3 is 6.03 Å². The van der Waals surface area contributed by atoms with Gasteiger partial charge in [0.15, 0.2) is 0 Å². The Balaban J connectivity index is 2.01. The molecular weight excluding hydrogens is 329 g/mol. The summed E-state index contributed by atoms with van der Waals surface area (Å²) in [4.78, 5) is 27.7. The highest BCUT2D eigenvalue weighted by Gasteiger charge is 2.38. The van der Waals surface area contributed by atoms with E-state index in [1.54, 1.807) is 40.7 Å². The Bertz CT molecular complexity index is 582. The van der Waals surface area contributed by atoms with E-state index in [9.17, 15) is 14.0 Å². The van der Waals surface area contributed by atoms with E-state index in [2.05, 4.69) is 5.32 Å². The molecule has 1 saturated heterocycles. The van der Waals surface area contributed by atoms with Crippen LogP contribution in [0.2, 0.25) is 0 Å². The third kappa shape index (κ3) is 4.41. The van der Waals surface area contributed by atoms with Gasteiger partial charge in [-0.25, -0.2) is 9.18 Å². The quantitative estimate of drug-likeness (QED) is 0.856. The van der Waals surface area contributed by atoms with Gasteiger partial charge in [0, 0.05) is 26.7 Å².